The van der Waals surface area contributed by atoms with Crippen molar-refractivity contribution in [2.75, 3.05) is 17.8 Å². The van der Waals surface area contributed by atoms with Gasteiger partial charge in [-0.05, 0) is 29.1 Å². The summed E-state index contributed by atoms with van der Waals surface area (Å²) in [5.74, 6) is -0.276. The molecule has 0 aromatic heterocycles. The van der Waals surface area contributed by atoms with Gasteiger partial charge in [-0.2, -0.15) is 0 Å². The number of hydrogen-bond acceptors (Lipinski definition) is 4. The molecule has 0 radical (unpaired) electrons. The van der Waals surface area contributed by atoms with Crippen LogP contribution in [0.2, 0.25) is 0 Å². The Kier molecular flexibility index (Phi) is 3.92. The van der Waals surface area contributed by atoms with Gasteiger partial charge in [-0.3, -0.25) is 9.69 Å². The summed E-state index contributed by atoms with van der Waals surface area (Å²) in [6.45, 7) is 0. The lowest BCUT2D eigenvalue weighted by atomic mass is 10.1. The molecular weight excluding hydrogens is 350 g/mol. The van der Waals surface area contributed by atoms with Crippen molar-refractivity contribution in [2.45, 2.75) is 5.37 Å². The highest BCUT2D eigenvalue weighted by Crippen LogP contribution is 2.40. The number of sulfone groups is 1. The van der Waals surface area contributed by atoms with Gasteiger partial charge in [-0.1, -0.05) is 48.5 Å². The maximum Gasteiger partial charge on any atom is 0.243 e. The van der Waals surface area contributed by atoms with Crippen molar-refractivity contribution in [1.29, 1.82) is 0 Å². The maximum atomic E-state index is 12.8. The summed E-state index contributed by atoms with van der Waals surface area (Å²) in [6.07, 6.45) is 0. The largest absolute Gasteiger partial charge is 0.497 e. The highest BCUT2D eigenvalue weighted by atomic mass is 32.2. The summed E-state index contributed by atoms with van der Waals surface area (Å²) < 4.78 is 30.7. The van der Waals surface area contributed by atoms with Crippen LogP contribution in [0.25, 0.3) is 10.8 Å². The molecule has 1 atom stereocenters. The van der Waals surface area contributed by atoms with E-state index in [0.29, 0.717) is 17.0 Å². The second-order valence-electron chi connectivity index (χ2n) is 6.19. The standard InChI is InChI=1S/C20H17NO4S/c1-25-16-11-9-15(10-12-16)20-21(19(22)13-26(20,23)24)18-8-4-6-14-5-2-3-7-17(14)18/h2-12,20H,13H2,1H3/t20-/m1/s1. The molecule has 1 aliphatic rings. The number of anilines is 1. The first-order valence-corrected chi connectivity index (χ1v) is 9.88. The Labute approximate surface area is 151 Å². The second kappa shape index (κ2) is 6.14. The number of amides is 1. The SMILES string of the molecule is COc1ccc([C@@H]2N(c3cccc4ccccc34)C(=O)CS2(=O)=O)cc1. The number of rotatable bonds is 3. The summed E-state index contributed by atoms with van der Waals surface area (Å²) in [4.78, 5) is 14.1. The fraction of sp³-hybridized carbons (Fsp3) is 0.150. The van der Waals surface area contributed by atoms with Crippen molar-refractivity contribution in [3.8, 4) is 5.75 Å². The van der Waals surface area contributed by atoms with Crippen molar-refractivity contribution in [3.05, 3.63) is 72.3 Å². The molecule has 1 saturated heterocycles. The molecule has 0 bridgehead atoms. The fourth-order valence-electron chi connectivity index (χ4n) is 3.42. The molecule has 1 aliphatic heterocycles. The van der Waals surface area contributed by atoms with Crippen molar-refractivity contribution < 1.29 is 17.9 Å². The van der Waals surface area contributed by atoms with Crippen LogP contribution >= 0.6 is 0 Å². The molecule has 4 rings (SSSR count). The molecule has 1 amide bonds. The average Bonchev–Trinajstić information content (AvgIpc) is 2.89. The van der Waals surface area contributed by atoms with Crippen LogP contribution in [-0.4, -0.2) is 27.2 Å². The van der Waals surface area contributed by atoms with Crippen LogP contribution in [-0.2, 0) is 14.6 Å². The van der Waals surface area contributed by atoms with Gasteiger partial charge in [0.05, 0.1) is 12.8 Å². The smallest absolute Gasteiger partial charge is 0.243 e. The van der Waals surface area contributed by atoms with E-state index in [1.807, 2.05) is 36.4 Å². The van der Waals surface area contributed by atoms with E-state index in [-0.39, 0.29) is 0 Å². The van der Waals surface area contributed by atoms with Crippen LogP contribution < -0.4 is 9.64 Å². The Bertz CT molecular complexity index is 1090. The fourth-order valence-corrected chi connectivity index (χ4v) is 5.18. The Hall–Kier alpha value is -2.86. The first kappa shape index (κ1) is 16.6. The van der Waals surface area contributed by atoms with E-state index in [1.165, 1.54) is 4.90 Å². The summed E-state index contributed by atoms with van der Waals surface area (Å²) in [5.41, 5.74) is 1.15. The molecule has 1 heterocycles. The Morgan fingerprint density at radius 3 is 2.38 bits per heavy atom. The van der Waals surface area contributed by atoms with E-state index in [4.69, 9.17) is 4.74 Å². The molecule has 0 aliphatic carbocycles. The summed E-state index contributed by atoms with van der Waals surface area (Å²) in [5, 5.41) is 0.765. The van der Waals surface area contributed by atoms with Crippen LogP contribution in [0.3, 0.4) is 0 Å². The Morgan fingerprint density at radius 2 is 1.65 bits per heavy atom. The van der Waals surface area contributed by atoms with Crippen LogP contribution in [0, 0.1) is 0 Å². The van der Waals surface area contributed by atoms with E-state index >= 15 is 0 Å². The number of benzene rings is 3. The third-order valence-corrected chi connectivity index (χ3v) is 6.41. The number of carbonyl (C=O) groups is 1. The van der Waals surface area contributed by atoms with Crippen molar-refractivity contribution >= 4 is 32.2 Å². The first-order chi connectivity index (χ1) is 12.5. The minimum atomic E-state index is -3.64. The molecule has 0 N–H and O–H groups in total. The van der Waals surface area contributed by atoms with E-state index in [0.717, 1.165) is 10.8 Å². The number of nitrogens with zero attached hydrogens (tertiary/aromatic N) is 1. The highest BCUT2D eigenvalue weighted by molar-refractivity contribution is 7.93. The van der Waals surface area contributed by atoms with E-state index in [2.05, 4.69) is 0 Å². The lowest BCUT2D eigenvalue weighted by Gasteiger charge is -2.25. The Morgan fingerprint density at radius 1 is 0.962 bits per heavy atom. The van der Waals surface area contributed by atoms with Crippen LogP contribution in [0.15, 0.2) is 66.7 Å². The third kappa shape index (κ3) is 2.63. The number of hydrogen-bond donors (Lipinski definition) is 0. The van der Waals surface area contributed by atoms with Gasteiger partial charge in [-0.15, -0.1) is 0 Å². The van der Waals surface area contributed by atoms with Crippen LogP contribution in [0.4, 0.5) is 5.69 Å². The number of methoxy groups -OCH3 is 1. The molecule has 3 aromatic rings. The van der Waals surface area contributed by atoms with Gasteiger partial charge >= 0.3 is 0 Å². The normalized spacial score (nSPS) is 19.0. The number of ether oxygens (including phenoxy) is 1. The van der Waals surface area contributed by atoms with E-state index < -0.39 is 26.9 Å². The molecular formula is C20H17NO4S. The van der Waals surface area contributed by atoms with Gasteiger partial charge in [0.25, 0.3) is 0 Å². The Balaban J connectivity index is 1.91. The molecule has 6 heteroatoms. The van der Waals surface area contributed by atoms with Gasteiger partial charge in [0, 0.05) is 5.39 Å². The third-order valence-electron chi connectivity index (χ3n) is 4.60. The van der Waals surface area contributed by atoms with E-state index in [1.54, 1.807) is 37.4 Å². The van der Waals surface area contributed by atoms with Crippen molar-refractivity contribution in [2.24, 2.45) is 0 Å². The average molecular weight is 367 g/mol. The van der Waals surface area contributed by atoms with Crippen LogP contribution in [0.1, 0.15) is 10.9 Å². The van der Waals surface area contributed by atoms with Crippen molar-refractivity contribution in [1.82, 2.24) is 0 Å². The molecule has 0 spiro atoms. The molecule has 0 unspecified atom stereocenters. The lowest BCUT2D eigenvalue weighted by molar-refractivity contribution is -0.115. The maximum absolute atomic E-state index is 12.8. The minimum Gasteiger partial charge on any atom is -0.497 e. The zero-order chi connectivity index (χ0) is 18.3. The zero-order valence-electron chi connectivity index (χ0n) is 14.1. The van der Waals surface area contributed by atoms with Gasteiger partial charge in [0.15, 0.2) is 15.2 Å². The minimum absolute atomic E-state index is 0.415. The molecule has 132 valence electrons. The van der Waals surface area contributed by atoms with E-state index in [9.17, 15) is 13.2 Å². The molecule has 26 heavy (non-hydrogen) atoms. The monoisotopic (exact) mass is 367 g/mol. The van der Waals surface area contributed by atoms with Gasteiger partial charge in [0.2, 0.25) is 5.91 Å². The molecule has 0 saturated carbocycles. The predicted octanol–water partition coefficient (Wildman–Crippen LogP) is 3.31. The number of carbonyl (C=O) groups excluding carboxylic acids is 1. The second-order valence-corrected chi connectivity index (χ2v) is 8.26. The molecule has 5 nitrogen and oxygen atoms in total. The zero-order valence-corrected chi connectivity index (χ0v) is 14.9. The van der Waals surface area contributed by atoms with Gasteiger partial charge in [0.1, 0.15) is 11.5 Å². The number of fused-ring (bicyclic) bond motifs is 1. The van der Waals surface area contributed by atoms with Crippen LogP contribution in [0.5, 0.6) is 5.75 Å². The van der Waals surface area contributed by atoms with Crippen molar-refractivity contribution in [3.63, 3.8) is 0 Å². The van der Waals surface area contributed by atoms with Gasteiger partial charge in [-0.25, -0.2) is 8.42 Å². The molecule has 3 aromatic carbocycles. The summed E-state index contributed by atoms with van der Waals surface area (Å²) in [6, 6.07) is 20.0. The highest BCUT2D eigenvalue weighted by Gasteiger charge is 2.46. The van der Waals surface area contributed by atoms with Gasteiger partial charge < -0.3 is 4.74 Å². The first-order valence-electron chi connectivity index (χ1n) is 8.16. The molecule has 1 fully saturated rings. The lowest BCUT2D eigenvalue weighted by Crippen LogP contribution is -2.29. The summed E-state index contributed by atoms with van der Waals surface area (Å²) >= 11 is 0. The topological polar surface area (TPSA) is 63.7 Å². The summed E-state index contributed by atoms with van der Waals surface area (Å²) in [7, 11) is -2.09. The predicted molar refractivity (Wildman–Crippen MR) is 101 cm³/mol. The quantitative estimate of drug-likeness (QED) is 0.712.